The molecule has 2 aliphatic carbocycles. The number of unbranched alkanes of at least 4 members (excludes halogenated alkanes) is 1. The second kappa shape index (κ2) is 11.9. The summed E-state index contributed by atoms with van der Waals surface area (Å²) in [4.78, 5) is 0. The molecule has 0 heterocycles. The molecule has 2 aliphatic rings. The lowest BCUT2D eigenvalue weighted by Crippen LogP contribution is -2.43. The summed E-state index contributed by atoms with van der Waals surface area (Å²) in [5.41, 5.74) is 0. The summed E-state index contributed by atoms with van der Waals surface area (Å²) in [6.07, 6.45) is 15.3. The first-order valence-electron chi connectivity index (χ1n) is 9.83. The molecule has 6 heteroatoms. The molecular weight excluding hydrogens is 336 g/mol. The van der Waals surface area contributed by atoms with Crippen molar-refractivity contribution >= 4 is 34.7 Å². The second-order valence-corrected chi connectivity index (χ2v) is 7.99. The van der Waals surface area contributed by atoms with Crippen LogP contribution in [0.4, 0.5) is 0 Å². The lowest BCUT2D eigenvalue weighted by atomic mass is 9.96. The minimum absolute atomic E-state index is 0.587. The van der Waals surface area contributed by atoms with E-state index < -0.39 is 0 Å². The van der Waals surface area contributed by atoms with Gasteiger partial charge >= 0.3 is 0 Å². The predicted molar refractivity (Wildman–Crippen MR) is 110 cm³/mol. The van der Waals surface area contributed by atoms with Gasteiger partial charge in [-0.3, -0.25) is 0 Å². The van der Waals surface area contributed by atoms with Crippen LogP contribution in [0.25, 0.3) is 0 Å². The van der Waals surface area contributed by atoms with Crippen LogP contribution in [0, 0.1) is 0 Å². The fraction of sp³-hybridized carbons (Fsp3) is 0.889. The first kappa shape index (κ1) is 19.7. The summed E-state index contributed by atoms with van der Waals surface area (Å²) in [5.74, 6) is 0. The second-order valence-electron chi connectivity index (χ2n) is 7.18. The molecule has 0 aliphatic heterocycles. The van der Waals surface area contributed by atoms with Gasteiger partial charge in [0.2, 0.25) is 0 Å². The average molecular weight is 371 g/mol. The van der Waals surface area contributed by atoms with Gasteiger partial charge in [-0.25, -0.2) is 0 Å². The van der Waals surface area contributed by atoms with Crippen molar-refractivity contribution in [1.82, 2.24) is 21.3 Å². The molecule has 0 spiro atoms. The summed E-state index contributed by atoms with van der Waals surface area (Å²) >= 11 is 10.8. The van der Waals surface area contributed by atoms with E-state index in [1.54, 1.807) is 0 Å². The molecule has 0 saturated heterocycles. The molecule has 0 aromatic carbocycles. The van der Waals surface area contributed by atoms with E-state index >= 15 is 0 Å². The van der Waals surface area contributed by atoms with Gasteiger partial charge in [-0.15, -0.1) is 0 Å². The zero-order chi connectivity index (χ0) is 17.0. The molecule has 4 nitrogen and oxygen atoms in total. The molecule has 2 rings (SSSR count). The SMILES string of the molecule is S=C(NCCCCNC(=S)NC1CCCCC1)NC1CCCCC1. The molecule has 0 atom stereocenters. The van der Waals surface area contributed by atoms with E-state index in [1.807, 2.05) is 0 Å². The van der Waals surface area contributed by atoms with Crippen molar-refractivity contribution < 1.29 is 0 Å². The molecule has 4 N–H and O–H groups in total. The summed E-state index contributed by atoms with van der Waals surface area (Å²) in [6, 6.07) is 1.17. The molecule has 0 amide bonds. The Labute approximate surface area is 158 Å². The smallest absolute Gasteiger partial charge is 0.166 e. The minimum Gasteiger partial charge on any atom is -0.363 e. The van der Waals surface area contributed by atoms with Gasteiger partial charge < -0.3 is 21.3 Å². The maximum Gasteiger partial charge on any atom is 0.166 e. The maximum absolute atomic E-state index is 5.38. The monoisotopic (exact) mass is 370 g/mol. The van der Waals surface area contributed by atoms with Crippen molar-refractivity contribution in [2.45, 2.75) is 89.1 Å². The molecular formula is C18H34N4S2. The Morgan fingerprint density at radius 2 is 1.00 bits per heavy atom. The zero-order valence-electron chi connectivity index (χ0n) is 14.9. The van der Waals surface area contributed by atoms with Crippen LogP contribution in [0.2, 0.25) is 0 Å². The molecule has 24 heavy (non-hydrogen) atoms. The Morgan fingerprint density at radius 3 is 1.38 bits per heavy atom. The van der Waals surface area contributed by atoms with Crippen molar-refractivity contribution in [3.63, 3.8) is 0 Å². The van der Waals surface area contributed by atoms with Crippen molar-refractivity contribution in [3.8, 4) is 0 Å². The molecule has 0 radical (unpaired) electrons. The zero-order valence-corrected chi connectivity index (χ0v) is 16.5. The highest BCUT2D eigenvalue weighted by Gasteiger charge is 2.14. The number of nitrogens with one attached hydrogen (secondary N) is 4. The van der Waals surface area contributed by atoms with Crippen molar-refractivity contribution in [2.24, 2.45) is 0 Å². The lowest BCUT2D eigenvalue weighted by Gasteiger charge is -2.24. The van der Waals surface area contributed by atoms with Crippen molar-refractivity contribution in [2.75, 3.05) is 13.1 Å². The van der Waals surface area contributed by atoms with Gasteiger partial charge in [-0.1, -0.05) is 38.5 Å². The predicted octanol–water partition coefficient (Wildman–Crippen LogP) is 3.36. The normalized spacial score (nSPS) is 19.5. The fourth-order valence-corrected chi connectivity index (χ4v) is 4.16. The standard InChI is InChI=1S/C18H34N4S2/c23-17(21-15-9-3-1-4-10-15)19-13-7-8-14-20-18(24)22-16-11-5-2-6-12-16/h15-16H,1-14H2,(H2,19,21,23)(H2,20,22,24). The van der Waals surface area contributed by atoms with E-state index in [1.165, 1.54) is 64.2 Å². The van der Waals surface area contributed by atoms with Crippen LogP contribution < -0.4 is 21.3 Å². The van der Waals surface area contributed by atoms with E-state index in [4.69, 9.17) is 24.4 Å². The molecule has 2 saturated carbocycles. The first-order chi connectivity index (χ1) is 11.7. The van der Waals surface area contributed by atoms with Gasteiger partial charge in [0.25, 0.3) is 0 Å². The molecule has 0 bridgehead atoms. The Kier molecular flexibility index (Phi) is 9.73. The largest absolute Gasteiger partial charge is 0.363 e. The molecule has 0 aromatic heterocycles. The fourth-order valence-electron chi connectivity index (χ4n) is 3.62. The van der Waals surface area contributed by atoms with Crippen LogP contribution in [0.3, 0.4) is 0 Å². The first-order valence-corrected chi connectivity index (χ1v) is 10.6. The van der Waals surface area contributed by atoms with Crippen LogP contribution in [-0.4, -0.2) is 35.4 Å². The molecule has 2 fully saturated rings. The number of rotatable bonds is 7. The van der Waals surface area contributed by atoms with Crippen molar-refractivity contribution in [3.05, 3.63) is 0 Å². The highest BCUT2D eigenvalue weighted by molar-refractivity contribution is 7.80. The maximum atomic E-state index is 5.38. The number of thiocarbonyl (C=S) groups is 2. The Balaban J connectivity index is 1.41. The molecule has 138 valence electrons. The number of hydrogen-bond acceptors (Lipinski definition) is 2. The van der Waals surface area contributed by atoms with Gasteiger partial charge in [0.15, 0.2) is 10.2 Å². The van der Waals surface area contributed by atoms with Crippen LogP contribution >= 0.6 is 24.4 Å². The van der Waals surface area contributed by atoms with Gasteiger partial charge in [-0.2, -0.15) is 0 Å². The lowest BCUT2D eigenvalue weighted by molar-refractivity contribution is 0.411. The van der Waals surface area contributed by atoms with Gasteiger partial charge in [0.1, 0.15) is 0 Å². The van der Waals surface area contributed by atoms with Crippen LogP contribution in [0.5, 0.6) is 0 Å². The van der Waals surface area contributed by atoms with E-state index in [0.717, 1.165) is 36.2 Å². The van der Waals surface area contributed by atoms with E-state index in [0.29, 0.717) is 12.1 Å². The highest BCUT2D eigenvalue weighted by Crippen LogP contribution is 2.17. The van der Waals surface area contributed by atoms with E-state index in [2.05, 4.69) is 21.3 Å². The van der Waals surface area contributed by atoms with E-state index in [9.17, 15) is 0 Å². The van der Waals surface area contributed by atoms with E-state index in [-0.39, 0.29) is 0 Å². The molecule has 0 unspecified atom stereocenters. The van der Waals surface area contributed by atoms with Crippen LogP contribution in [0.15, 0.2) is 0 Å². The van der Waals surface area contributed by atoms with Crippen LogP contribution in [-0.2, 0) is 0 Å². The molecule has 0 aromatic rings. The van der Waals surface area contributed by atoms with Gasteiger partial charge in [0, 0.05) is 25.2 Å². The number of hydrogen-bond donors (Lipinski definition) is 4. The van der Waals surface area contributed by atoms with Gasteiger partial charge in [0.05, 0.1) is 0 Å². The third-order valence-electron chi connectivity index (χ3n) is 5.06. The average Bonchev–Trinajstić information content (AvgIpc) is 2.60. The highest BCUT2D eigenvalue weighted by atomic mass is 32.1. The topological polar surface area (TPSA) is 48.1 Å². The minimum atomic E-state index is 0.587. The third kappa shape index (κ3) is 8.47. The quantitative estimate of drug-likeness (QED) is 0.407. The third-order valence-corrected chi connectivity index (χ3v) is 5.58. The van der Waals surface area contributed by atoms with Gasteiger partial charge in [-0.05, 0) is 63.0 Å². The Hall–Kier alpha value is -0.620. The Bertz CT molecular complexity index is 341. The van der Waals surface area contributed by atoms with Crippen molar-refractivity contribution in [1.29, 1.82) is 0 Å². The van der Waals surface area contributed by atoms with Crippen LogP contribution in [0.1, 0.15) is 77.0 Å². The summed E-state index contributed by atoms with van der Waals surface area (Å²) < 4.78 is 0. The summed E-state index contributed by atoms with van der Waals surface area (Å²) in [6.45, 7) is 1.87. The Morgan fingerprint density at radius 1 is 0.625 bits per heavy atom. The summed E-state index contributed by atoms with van der Waals surface area (Å²) in [5, 5.41) is 15.2. The summed E-state index contributed by atoms with van der Waals surface area (Å²) in [7, 11) is 0.